The summed E-state index contributed by atoms with van der Waals surface area (Å²) in [5.41, 5.74) is 6.29. The number of hydrogen-bond donors (Lipinski definition) is 1. The first kappa shape index (κ1) is 11.8. The highest BCUT2D eigenvalue weighted by Gasteiger charge is 2.00. The number of nitrogens with two attached hydrogens (primary N) is 1. The van der Waals surface area contributed by atoms with E-state index in [1.54, 1.807) is 12.1 Å². The molecule has 4 heteroatoms. The van der Waals surface area contributed by atoms with Gasteiger partial charge in [0.15, 0.2) is 0 Å². The van der Waals surface area contributed by atoms with E-state index in [2.05, 4.69) is 0 Å². The van der Waals surface area contributed by atoms with Crippen LogP contribution in [-0.4, -0.2) is 13.2 Å². The zero-order valence-corrected chi connectivity index (χ0v) is 9.31. The van der Waals surface area contributed by atoms with E-state index in [1.165, 1.54) is 0 Å². The molecule has 0 aliphatic carbocycles. The van der Waals surface area contributed by atoms with Crippen LogP contribution in [0, 0.1) is 0 Å². The molecule has 0 saturated carbocycles. The zero-order valence-electron chi connectivity index (χ0n) is 7.80. The standard InChI is InChI=1S/C10H13Cl2NO/c11-9-3-2-8(10(12)6-9)7-14-5-1-4-13/h2-3,6H,1,4-5,7,13H2. The Morgan fingerprint density at radius 2 is 2.07 bits per heavy atom. The second kappa shape index (κ2) is 6.25. The van der Waals surface area contributed by atoms with Crippen molar-refractivity contribution in [2.45, 2.75) is 13.0 Å². The van der Waals surface area contributed by atoms with Crippen LogP contribution in [0.5, 0.6) is 0 Å². The Balaban J connectivity index is 2.42. The lowest BCUT2D eigenvalue weighted by molar-refractivity contribution is 0.120. The van der Waals surface area contributed by atoms with Crippen molar-refractivity contribution < 1.29 is 4.74 Å². The highest BCUT2D eigenvalue weighted by Crippen LogP contribution is 2.21. The monoisotopic (exact) mass is 233 g/mol. The van der Waals surface area contributed by atoms with Crippen LogP contribution in [-0.2, 0) is 11.3 Å². The van der Waals surface area contributed by atoms with Gasteiger partial charge < -0.3 is 10.5 Å². The Morgan fingerprint density at radius 3 is 2.71 bits per heavy atom. The van der Waals surface area contributed by atoms with Crippen molar-refractivity contribution in [1.29, 1.82) is 0 Å². The van der Waals surface area contributed by atoms with Crippen LogP contribution in [0.1, 0.15) is 12.0 Å². The van der Waals surface area contributed by atoms with Gasteiger partial charge >= 0.3 is 0 Å². The van der Waals surface area contributed by atoms with Gasteiger partial charge in [0.2, 0.25) is 0 Å². The maximum absolute atomic E-state index is 5.95. The fourth-order valence-electron chi connectivity index (χ4n) is 1.01. The summed E-state index contributed by atoms with van der Waals surface area (Å²) in [6.45, 7) is 1.82. The molecule has 1 rings (SSSR count). The Labute approximate surface area is 94.0 Å². The van der Waals surface area contributed by atoms with Crippen molar-refractivity contribution in [3.8, 4) is 0 Å². The number of halogens is 2. The molecule has 0 unspecified atom stereocenters. The van der Waals surface area contributed by atoms with Crippen molar-refractivity contribution in [2.75, 3.05) is 13.2 Å². The Kier molecular flexibility index (Phi) is 5.26. The van der Waals surface area contributed by atoms with Crippen LogP contribution in [0.4, 0.5) is 0 Å². The van der Waals surface area contributed by atoms with Gasteiger partial charge in [0.25, 0.3) is 0 Å². The maximum Gasteiger partial charge on any atom is 0.0731 e. The van der Waals surface area contributed by atoms with E-state index in [9.17, 15) is 0 Å². The third-order valence-corrected chi connectivity index (χ3v) is 2.35. The topological polar surface area (TPSA) is 35.2 Å². The molecule has 0 aliphatic heterocycles. The normalized spacial score (nSPS) is 10.5. The van der Waals surface area contributed by atoms with Crippen molar-refractivity contribution in [3.05, 3.63) is 33.8 Å². The Bertz CT molecular complexity index is 291. The molecule has 0 fully saturated rings. The van der Waals surface area contributed by atoms with E-state index in [4.69, 9.17) is 33.7 Å². The summed E-state index contributed by atoms with van der Waals surface area (Å²) in [7, 11) is 0. The minimum atomic E-state index is 0.510. The molecular formula is C10H13Cl2NO. The molecule has 14 heavy (non-hydrogen) atoms. The quantitative estimate of drug-likeness (QED) is 0.795. The Morgan fingerprint density at radius 1 is 1.29 bits per heavy atom. The first-order valence-electron chi connectivity index (χ1n) is 4.46. The summed E-state index contributed by atoms with van der Waals surface area (Å²) in [5, 5.41) is 1.28. The molecular weight excluding hydrogens is 221 g/mol. The van der Waals surface area contributed by atoms with Gasteiger partial charge in [0.05, 0.1) is 6.61 Å². The van der Waals surface area contributed by atoms with E-state index < -0.39 is 0 Å². The van der Waals surface area contributed by atoms with Crippen LogP contribution in [0.25, 0.3) is 0 Å². The highest BCUT2D eigenvalue weighted by molar-refractivity contribution is 6.35. The Hall–Kier alpha value is -0.280. The summed E-state index contributed by atoms with van der Waals surface area (Å²) in [6.07, 6.45) is 0.866. The van der Waals surface area contributed by atoms with Gasteiger partial charge in [-0.3, -0.25) is 0 Å². The van der Waals surface area contributed by atoms with Crippen molar-refractivity contribution in [3.63, 3.8) is 0 Å². The van der Waals surface area contributed by atoms with Crippen LogP contribution in [0.15, 0.2) is 18.2 Å². The number of benzene rings is 1. The molecule has 0 spiro atoms. The molecule has 2 nitrogen and oxygen atoms in total. The molecule has 0 saturated heterocycles. The van der Waals surface area contributed by atoms with Crippen LogP contribution < -0.4 is 5.73 Å². The third-order valence-electron chi connectivity index (χ3n) is 1.77. The molecule has 2 N–H and O–H groups in total. The maximum atomic E-state index is 5.95. The lowest BCUT2D eigenvalue weighted by Gasteiger charge is -2.05. The predicted octanol–water partition coefficient (Wildman–Crippen LogP) is 2.86. The highest BCUT2D eigenvalue weighted by atomic mass is 35.5. The SMILES string of the molecule is NCCCOCc1ccc(Cl)cc1Cl. The minimum absolute atomic E-state index is 0.510. The van der Waals surface area contributed by atoms with E-state index in [0.717, 1.165) is 12.0 Å². The van der Waals surface area contributed by atoms with Gasteiger partial charge in [-0.25, -0.2) is 0 Å². The first-order valence-corrected chi connectivity index (χ1v) is 5.21. The molecule has 0 atom stereocenters. The first-order chi connectivity index (χ1) is 6.74. The number of rotatable bonds is 5. The average molecular weight is 234 g/mol. The van der Waals surface area contributed by atoms with Gasteiger partial charge in [-0.05, 0) is 30.7 Å². The molecule has 0 heterocycles. The molecule has 1 aromatic carbocycles. The second-order valence-corrected chi connectivity index (χ2v) is 3.77. The summed E-state index contributed by atoms with van der Waals surface area (Å²) in [5.74, 6) is 0. The molecule has 0 amide bonds. The molecule has 0 aliphatic rings. The lowest BCUT2D eigenvalue weighted by atomic mass is 10.2. The molecule has 1 aromatic rings. The van der Waals surface area contributed by atoms with Gasteiger partial charge in [0.1, 0.15) is 0 Å². The van der Waals surface area contributed by atoms with Gasteiger partial charge in [-0.15, -0.1) is 0 Å². The molecule has 0 radical (unpaired) electrons. The fraction of sp³-hybridized carbons (Fsp3) is 0.400. The smallest absolute Gasteiger partial charge is 0.0731 e. The van der Waals surface area contributed by atoms with E-state index >= 15 is 0 Å². The van der Waals surface area contributed by atoms with Crippen LogP contribution in [0.3, 0.4) is 0 Å². The van der Waals surface area contributed by atoms with E-state index in [1.807, 2.05) is 6.07 Å². The third kappa shape index (κ3) is 3.84. The molecule has 0 aromatic heterocycles. The summed E-state index contributed by atoms with van der Waals surface area (Å²) in [4.78, 5) is 0. The molecule has 0 bridgehead atoms. The minimum Gasteiger partial charge on any atom is -0.377 e. The zero-order chi connectivity index (χ0) is 10.4. The number of hydrogen-bond acceptors (Lipinski definition) is 2. The van der Waals surface area contributed by atoms with Gasteiger partial charge in [-0.1, -0.05) is 29.3 Å². The van der Waals surface area contributed by atoms with Gasteiger partial charge in [-0.2, -0.15) is 0 Å². The van der Waals surface area contributed by atoms with Crippen LogP contribution >= 0.6 is 23.2 Å². The summed E-state index contributed by atoms with van der Waals surface area (Å²) in [6, 6.07) is 5.38. The number of ether oxygens (including phenoxy) is 1. The van der Waals surface area contributed by atoms with Crippen LogP contribution in [0.2, 0.25) is 10.0 Å². The average Bonchev–Trinajstić information content (AvgIpc) is 2.15. The fourth-order valence-corrected chi connectivity index (χ4v) is 1.47. The largest absolute Gasteiger partial charge is 0.377 e. The van der Waals surface area contributed by atoms with Crippen molar-refractivity contribution in [1.82, 2.24) is 0 Å². The molecule has 78 valence electrons. The summed E-state index contributed by atoms with van der Waals surface area (Å²) < 4.78 is 5.37. The summed E-state index contributed by atoms with van der Waals surface area (Å²) >= 11 is 11.7. The predicted molar refractivity (Wildman–Crippen MR) is 59.8 cm³/mol. The second-order valence-electron chi connectivity index (χ2n) is 2.93. The van der Waals surface area contributed by atoms with Gasteiger partial charge in [0, 0.05) is 16.7 Å². The van der Waals surface area contributed by atoms with Crippen molar-refractivity contribution in [2.24, 2.45) is 5.73 Å². The van der Waals surface area contributed by atoms with E-state index in [-0.39, 0.29) is 0 Å². The van der Waals surface area contributed by atoms with Crippen molar-refractivity contribution >= 4 is 23.2 Å². The lowest BCUT2D eigenvalue weighted by Crippen LogP contribution is -2.04. The van der Waals surface area contributed by atoms with E-state index in [0.29, 0.717) is 29.8 Å².